The fourth-order valence-electron chi connectivity index (χ4n) is 4.12. The molecule has 4 aromatic rings. The van der Waals surface area contributed by atoms with Gasteiger partial charge in [-0.25, -0.2) is 4.79 Å². The summed E-state index contributed by atoms with van der Waals surface area (Å²) >= 11 is 0. The van der Waals surface area contributed by atoms with Crippen molar-refractivity contribution in [3.63, 3.8) is 0 Å². The van der Waals surface area contributed by atoms with E-state index < -0.39 is 5.97 Å². The summed E-state index contributed by atoms with van der Waals surface area (Å²) in [7, 11) is 3.22. The molecule has 0 amide bonds. The number of ketones is 1. The van der Waals surface area contributed by atoms with Crippen LogP contribution in [0.3, 0.4) is 0 Å². The molecule has 0 aliphatic heterocycles. The number of aromatic nitrogens is 4. The van der Waals surface area contributed by atoms with Crippen molar-refractivity contribution in [3.8, 4) is 11.5 Å². The van der Waals surface area contributed by atoms with Crippen molar-refractivity contribution in [1.29, 1.82) is 0 Å². The second kappa shape index (κ2) is 10.0. The van der Waals surface area contributed by atoms with Crippen LogP contribution in [0.2, 0.25) is 0 Å². The molecule has 3 aromatic heterocycles. The van der Waals surface area contributed by atoms with Crippen LogP contribution in [-0.4, -0.2) is 51.7 Å². The molecule has 0 aliphatic rings. The van der Waals surface area contributed by atoms with E-state index >= 15 is 0 Å². The van der Waals surface area contributed by atoms with Gasteiger partial charge in [0, 0.05) is 29.7 Å². The number of fused-ring (bicyclic) bond motifs is 1. The van der Waals surface area contributed by atoms with E-state index in [0.29, 0.717) is 40.6 Å². The molecule has 1 aromatic carbocycles. The molecule has 182 valence electrons. The van der Waals surface area contributed by atoms with Crippen molar-refractivity contribution in [1.82, 2.24) is 19.2 Å². The maximum absolute atomic E-state index is 12.9. The van der Waals surface area contributed by atoms with Gasteiger partial charge < -0.3 is 18.8 Å². The van der Waals surface area contributed by atoms with Gasteiger partial charge in [0.2, 0.25) is 5.78 Å². The second-order valence-corrected chi connectivity index (χ2v) is 8.27. The van der Waals surface area contributed by atoms with Crippen LogP contribution >= 0.6 is 0 Å². The number of esters is 1. The van der Waals surface area contributed by atoms with E-state index in [1.165, 1.54) is 0 Å². The first-order valence-corrected chi connectivity index (χ1v) is 11.2. The van der Waals surface area contributed by atoms with E-state index in [1.54, 1.807) is 43.9 Å². The topological polar surface area (TPSA) is 97.0 Å². The summed E-state index contributed by atoms with van der Waals surface area (Å²) < 4.78 is 19.8. The molecule has 0 saturated heterocycles. The van der Waals surface area contributed by atoms with Crippen LogP contribution < -0.4 is 9.47 Å². The van der Waals surface area contributed by atoms with Gasteiger partial charge in [-0.2, -0.15) is 0 Å². The maximum Gasteiger partial charge on any atom is 0.340 e. The first kappa shape index (κ1) is 24.0. The molecule has 9 heteroatoms. The highest BCUT2D eigenvalue weighted by Crippen LogP contribution is 2.28. The summed E-state index contributed by atoms with van der Waals surface area (Å²) in [5.74, 6) is 1.21. The van der Waals surface area contributed by atoms with Crippen LogP contribution in [0.1, 0.15) is 43.5 Å². The Balaban J connectivity index is 1.41. The Morgan fingerprint density at radius 1 is 0.943 bits per heavy atom. The van der Waals surface area contributed by atoms with E-state index in [-0.39, 0.29) is 12.4 Å². The summed E-state index contributed by atoms with van der Waals surface area (Å²) in [4.78, 5) is 25.4. The van der Waals surface area contributed by atoms with Crippen molar-refractivity contribution in [2.75, 3.05) is 20.8 Å². The van der Waals surface area contributed by atoms with Crippen LogP contribution in [0.5, 0.6) is 11.5 Å². The van der Waals surface area contributed by atoms with Crippen molar-refractivity contribution < 1.29 is 23.8 Å². The third-order valence-electron chi connectivity index (χ3n) is 6.09. The molecule has 0 radical (unpaired) electrons. The van der Waals surface area contributed by atoms with E-state index in [2.05, 4.69) is 14.8 Å². The number of benzene rings is 1. The van der Waals surface area contributed by atoms with Crippen LogP contribution in [0.4, 0.5) is 0 Å². The van der Waals surface area contributed by atoms with Gasteiger partial charge in [0.15, 0.2) is 23.8 Å². The molecule has 0 aliphatic carbocycles. The summed E-state index contributed by atoms with van der Waals surface area (Å²) in [6.07, 6.45) is 2.36. The molecule has 0 saturated carbocycles. The molecule has 0 N–H and O–H groups in total. The predicted octanol–water partition coefficient (Wildman–Crippen LogP) is 3.76. The molecule has 0 fully saturated rings. The number of carbonyl (C=O) groups excluding carboxylic acids is 2. The lowest BCUT2D eigenvalue weighted by Gasteiger charge is -2.12. The average molecular weight is 477 g/mol. The van der Waals surface area contributed by atoms with Crippen LogP contribution in [-0.2, 0) is 17.7 Å². The Hall–Kier alpha value is -4.14. The number of pyridine rings is 1. The Labute approximate surface area is 203 Å². The Morgan fingerprint density at radius 3 is 2.46 bits per heavy atom. The number of methoxy groups -OCH3 is 2. The maximum atomic E-state index is 12.9. The van der Waals surface area contributed by atoms with E-state index in [4.69, 9.17) is 14.2 Å². The highest BCUT2D eigenvalue weighted by Gasteiger charge is 2.19. The molecule has 9 nitrogen and oxygen atoms in total. The predicted molar refractivity (Wildman–Crippen MR) is 129 cm³/mol. The van der Waals surface area contributed by atoms with E-state index in [0.717, 1.165) is 23.4 Å². The number of hydrogen-bond donors (Lipinski definition) is 0. The zero-order valence-corrected chi connectivity index (χ0v) is 20.5. The lowest BCUT2D eigenvalue weighted by Crippen LogP contribution is -2.15. The SMILES string of the molecule is COc1ccc(CCn2c(C)cc(C(=O)COC(=O)c3ccc4nnc(C)n4c3)c2C)cc1OC. The number of Topliss-reactive ketones (excluding diaryl/α,β-unsaturated/α-hetero) is 1. The summed E-state index contributed by atoms with van der Waals surface area (Å²) in [6.45, 7) is 6.01. The van der Waals surface area contributed by atoms with Gasteiger partial charge in [-0.15, -0.1) is 10.2 Å². The van der Waals surface area contributed by atoms with Gasteiger partial charge in [0.25, 0.3) is 0 Å². The smallest absolute Gasteiger partial charge is 0.340 e. The van der Waals surface area contributed by atoms with Crippen molar-refractivity contribution in [2.24, 2.45) is 0 Å². The zero-order chi connectivity index (χ0) is 25.1. The highest BCUT2D eigenvalue weighted by atomic mass is 16.5. The molecule has 35 heavy (non-hydrogen) atoms. The minimum Gasteiger partial charge on any atom is -0.493 e. The second-order valence-electron chi connectivity index (χ2n) is 8.27. The first-order chi connectivity index (χ1) is 16.8. The average Bonchev–Trinajstić information content (AvgIpc) is 3.38. The van der Waals surface area contributed by atoms with Crippen LogP contribution in [0, 0.1) is 20.8 Å². The van der Waals surface area contributed by atoms with Crippen LogP contribution in [0.25, 0.3) is 5.65 Å². The highest BCUT2D eigenvalue weighted by molar-refractivity contribution is 6.00. The summed E-state index contributed by atoms with van der Waals surface area (Å²) in [5.41, 5.74) is 4.41. The van der Waals surface area contributed by atoms with Gasteiger partial charge in [-0.3, -0.25) is 9.20 Å². The van der Waals surface area contributed by atoms with Crippen molar-refractivity contribution in [3.05, 3.63) is 76.5 Å². The zero-order valence-electron chi connectivity index (χ0n) is 20.5. The van der Waals surface area contributed by atoms with Gasteiger partial charge in [0.1, 0.15) is 5.82 Å². The fourth-order valence-corrected chi connectivity index (χ4v) is 4.12. The van der Waals surface area contributed by atoms with Crippen molar-refractivity contribution >= 4 is 17.4 Å². The molecule has 0 unspecified atom stereocenters. The summed E-state index contributed by atoms with van der Waals surface area (Å²) in [6, 6.07) is 11.0. The Kier molecular flexibility index (Phi) is 6.86. The summed E-state index contributed by atoms with van der Waals surface area (Å²) in [5, 5.41) is 7.97. The lowest BCUT2D eigenvalue weighted by atomic mass is 10.1. The molecule has 4 rings (SSSR count). The molecular weight excluding hydrogens is 448 g/mol. The van der Waals surface area contributed by atoms with E-state index in [1.807, 2.05) is 38.1 Å². The van der Waals surface area contributed by atoms with Crippen LogP contribution in [0.15, 0.2) is 42.6 Å². The molecule has 0 atom stereocenters. The quantitative estimate of drug-likeness (QED) is 0.268. The van der Waals surface area contributed by atoms with Gasteiger partial charge >= 0.3 is 5.97 Å². The number of rotatable bonds is 9. The van der Waals surface area contributed by atoms with E-state index in [9.17, 15) is 9.59 Å². The third-order valence-corrected chi connectivity index (χ3v) is 6.09. The minimum absolute atomic E-state index is 0.245. The van der Waals surface area contributed by atoms with Crippen molar-refractivity contribution in [2.45, 2.75) is 33.7 Å². The number of carbonyl (C=O) groups is 2. The molecule has 0 bridgehead atoms. The third kappa shape index (κ3) is 4.89. The number of hydrogen-bond acceptors (Lipinski definition) is 7. The molecule has 0 spiro atoms. The minimum atomic E-state index is -0.574. The Bertz CT molecular complexity index is 1400. The normalized spacial score (nSPS) is 11.0. The number of ether oxygens (including phenoxy) is 3. The first-order valence-electron chi connectivity index (χ1n) is 11.2. The molecular formula is C26H28N4O5. The largest absolute Gasteiger partial charge is 0.493 e. The molecule has 3 heterocycles. The Morgan fingerprint density at radius 2 is 1.71 bits per heavy atom. The lowest BCUT2D eigenvalue weighted by molar-refractivity contribution is 0.0474. The monoisotopic (exact) mass is 476 g/mol. The van der Waals surface area contributed by atoms with Gasteiger partial charge in [0.05, 0.1) is 19.8 Å². The number of aryl methyl sites for hydroxylation is 3. The fraction of sp³-hybridized carbons (Fsp3) is 0.308. The standard InChI is InChI=1S/C26H28N4O5/c1-16-12-21(17(2)29(16)11-10-19-6-8-23(33-4)24(13-19)34-5)22(31)15-35-26(32)20-7-9-25-28-27-18(3)30(25)14-20/h6-9,12-14H,10-11,15H2,1-5H3. The van der Waals surface area contributed by atoms with Gasteiger partial charge in [-0.05, 0) is 63.1 Å². The number of nitrogens with zero attached hydrogens (tertiary/aromatic N) is 4. The van der Waals surface area contributed by atoms with Gasteiger partial charge in [-0.1, -0.05) is 6.07 Å².